The fraction of sp³-hybridized carbons (Fsp3) is 0.611. The molecule has 2 aliphatic heterocycles. The van der Waals surface area contributed by atoms with Crippen molar-refractivity contribution in [2.45, 2.75) is 43.9 Å². The summed E-state index contributed by atoms with van der Waals surface area (Å²) in [4.78, 5) is 4.33. The van der Waals surface area contributed by atoms with Gasteiger partial charge in [-0.15, -0.1) is 24.0 Å². The van der Waals surface area contributed by atoms with Crippen molar-refractivity contribution in [3.63, 3.8) is 0 Å². The van der Waals surface area contributed by atoms with Crippen molar-refractivity contribution in [2.24, 2.45) is 4.99 Å². The molecule has 1 saturated heterocycles. The number of thioether (sulfide) groups is 1. The number of hydrogen-bond acceptors (Lipinski definition) is 4. The molecule has 2 unspecified atom stereocenters. The molecule has 1 fully saturated rings. The lowest BCUT2D eigenvalue weighted by Crippen LogP contribution is -2.49. The molecule has 0 spiro atoms. The molecule has 2 heterocycles. The van der Waals surface area contributed by atoms with Gasteiger partial charge >= 0.3 is 0 Å². The zero-order valence-electron chi connectivity index (χ0n) is 15.0. The monoisotopic (exact) mass is 477 g/mol. The minimum Gasteiger partial charge on any atom is -0.487 e. The van der Waals surface area contributed by atoms with Crippen LogP contribution in [-0.2, 0) is 0 Å². The molecule has 140 valence electrons. The van der Waals surface area contributed by atoms with Crippen LogP contribution < -0.4 is 15.4 Å². The molecule has 1 aromatic carbocycles. The summed E-state index contributed by atoms with van der Waals surface area (Å²) in [7, 11) is 1.76. The summed E-state index contributed by atoms with van der Waals surface area (Å²) in [6.45, 7) is 4.73. The van der Waals surface area contributed by atoms with Gasteiger partial charge in [0, 0.05) is 31.3 Å². The second kappa shape index (κ2) is 8.35. The predicted molar refractivity (Wildman–Crippen MR) is 115 cm³/mol. The summed E-state index contributed by atoms with van der Waals surface area (Å²) < 4.78 is 6.08. The molecule has 0 aromatic heterocycles. The number of rotatable bonds is 3. The maximum atomic E-state index is 10.5. The van der Waals surface area contributed by atoms with Gasteiger partial charge in [-0.2, -0.15) is 11.8 Å². The van der Waals surface area contributed by atoms with Crippen molar-refractivity contribution in [3.05, 3.63) is 29.8 Å². The van der Waals surface area contributed by atoms with Gasteiger partial charge in [-0.05, 0) is 32.1 Å². The van der Waals surface area contributed by atoms with E-state index in [9.17, 15) is 5.11 Å². The first-order valence-electron chi connectivity index (χ1n) is 8.46. The first kappa shape index (κ1) is 20.6. The van der Waals surface area contributed by atoms with Gasteiger partial charge in [0.25, 0.3) is 0 Å². The third-order valence-corrected chi connectivity index (χ3v) is 5.81. The lowest BCUT2D eigenvalue weighted by Gasteiger charge is -2.38. The molecule has 7 heteroatoms. The molecule has 0 amide bonds. The van der Waals surface area contributed by atoms with E-state index >= 15 is 0 Å². The van der Waals surface area contributed by atoms with Gasteiger partial charge in [0.1, 0.15) is 11.4 Å². The Kier molecular flexibility index (Phi) is 6.89. The Balaban J connectivity index is 0.00000225. The van der Waals surface area contributed by atoms with E-state index in [0.29, 0.717) is 6.54 Å². The first-order valence-corrected chi connectivity index (χ1v) is 9.62. The highest BCUT2D eigenvalue weighted by molar-refractivity contribution is 14.0. The predicted octanol–water partition coefficient (Wildman–Crippen LogP) is 2.94. The standard InChI is InChI=1S/C18H27N3O2S.HI/c1-17(2)10-14(13-6-4-5-7-15(13)23-17)21-16(19-3)20-11-18(22)8-9-24-12-18;/h4-7,14,22H,8-12H2,1-3H3,(H2,19,20,21);1H. The average Bonchev–Trinajstić information content (AvgIpc) is 2.97. The number of ether oxygens (including phenoxy) is 1. The Labute approximate surface area is 171 Å². The van der Waals surface area contributed by atoms with E-state index in [1.807, 2.05) is 18.2 Å². The summed E-state index contributed by atoms with van der Waals surface area (Å²) >= 11 is 1.80. The molecule has 2 atom stereocenters. The largest absolute Gasteiger partial charge is 0.487 e. The van der Waals surface area contributed by atoms with Crippen LogP contribution >= 0.6 is 35.7 Å². The van der Waals surface area contributed by atoms with Crippen LogP contribution in [0, 0.1) is 0 Å². The van der Waals surface area contributed by atoms with Gasteiger partial charge in [-0.1, -0.05) is 18.2 Å². The summed E-state index contributed by atoms with van der Waals surface area (Å²) in [6.07, 6.45) is 1.68. The molecular weight excluding hydrogens is 449 g/mol. The van der Waals surface area contributed by atoms with E-state index in [1.165, 1.54) is 0 Å². The van der Waals surface area contributed by atoms with Crippen LogP contribution in [0.1, 0.15) is 38.3 Å². The van der Waals surface area contributed by atoms with Crippen LogP contribution in [0.5, 0.6) is 5.75 Å². The zero-order chi connectivity index (χ0) is 17.2. The smallest absolute Gasteiger partial charge is 0.191 e. The number of guanidine groups is 1. The summed E-state index contributed by atoms with van der Waals surface area (Å²) in [6, 6.07) is 8.27. The van der Waals surface area contributed by atoms with Crippen LogP contribution in [0.2, 0.25) is 0 Å². The van der Waals surface area contributed by atoms with E-state index < -0.39 is 5.60 Å². The van der Waals surface area contributed by atoms with Crippen LogP contribution in [-0.4, -0.2) is 47.4 Å². The van der Waals surface area contributed by atoms with E-state index in [2.05, 4.69) is 35.5 Å². The van der Waals surface area contributed by atoms with Gasteiger partial charge in [0.2, 0.25) is 0 Å². The van der Waals surface area contributed by atoms with Crippen LogP contribution in [0.4, 0.5) is 0 Å². The normalized spacial score (nSPS) is 27.7. The summed E-state index contributed by atoms with van der Waals surface area (Å²) in [5.41, 5.74) is 0.287. The fourth-order valence-electron chi connectivity index (χ4n) is 3.27. The van der Waals surface area contributed by atoms with E-state index in [1.54, 1.807) is 18.8 Å². The number of nitrogens with one attached hydrogen (secondary N) is 2. The topological polar surface area (TPSA) is 65.9 Å². The van der Waals surface area contributed by atoms with Crippen LogP contribution in [0.3, 0.4) is 0 Å². The van der Waals surface area contributed by atoms with Crippen LogP contribution in [0.15, 0.2) is 29.3 Å². The molecule has 0 radical (unpaired) electrons. The Morgan fingerprint density at radius 3 is 2.84 bits per heavy atom. The molecule has 0 aliphatic carbocycles. The molecule has 2 aliphatic rings. The van der Waals surface area contributed by atoms with Gasteiger partial charge in [-0.25, -0.2) is 0 Å². The van der Waals surface area contributed by atoms with Crippen LogP contribution in [0.25, 0.3) is 0 Å². The van der Waals surface area contributed by atoms with E-state index in [0.717, 1.165) is 41.6 Å². The minimum absolute atomic E-state index is 0. The SMILES string of the molecule is CN=C(NCC1(O)CCSC1)NC1CC(C)(C)Oc2ccccc21.I. The first-order chi connectivity index (χ1) is 11.4. The van der Waals surface area contributed by atoms with Crippen molar-refractivity contribution in [2.75, 3.05) is 25.1 Å². The number of benzene rings is 1. The number of para-hydroxylation sites is 1. The molecule has 5 nitrogen and oxygen atoms in total. The number of halogens is 1. The molecule has 3 rings (SSSR count). The van der Waals surface area contributed by atoms with Crippen molar-refractivity contribution >= 4 is 41.7 Å². The quantitative estimate of drug-likeness (QED) is 0.355. The average molecular weight is 477 g/mol. The van der Waals surface area contributed by atoms with Crippen molar-refractivity contribution in [3.8, 4) is 5.75 Å². The summed E-state index contributed by atoms with van der Waals surface area (Å²) in [5, 5.41) is 17.3. The van der Waals surface area contributed by atoms with Gasteiger partial charge in [0.05, 0.1) is 11.6 Å². The number of hydrogen-bond donors (Lipinski definition) is 3. The number of fused-ring (bicyclic) bond motifs is 1. The molecule has 0 saturated carbocycles. The van der Waals surface area contributed by atoms with E-state index in [4.69, 9.17) is 4.74 Å². The highest BCUT2D eigenvalue weighted by Crippen LogP contribution is 2.39. The van der Waals surface area contributed by atoms with Gasteiger partial charge < -0.3 is 20.5 Å². The lowest BCUT2D eigenvalue weighted by molar-refractivity contribution is 0.0670. The van der Waals surface area contributed by atoms with Crippen molar-refractivity contribution in [1.82, 2.24) is 10.6 Å². The maximum Gasteiger partial charge on any atom is 0.191 e. The number of nitrogens with zero attached hydrogens (tertiary/aromatic N) is 1. The van der Waals surface area contributed by atoms with Crippen molar-refractivity contribution < 1.29 is 9.84 Å². The highest BCUT2D eigenvalue weighted by Gasteiger charge is 2.35. The molecular formula is C18H28IN3O2S. The Morgan fingerprint density at radius 2 is 2.16 bits per heavy atom. The number of aliphatic hydroxyl groups is 1. The molecule has 3 N–H and O–H groups in total. The second-order valence-electron chi connectivity index (χ2n) is 7.25. The second-order valence-corrected chi connectivity index (χ2v) is 8.36. The van der Waals surface area contributed by atoms with Gasteiger partial charge in [-0.3, -0.25) is 4.99 Å². The Morgan fingerprint density at radius 1 is 1.40 bits per heavy atom. The Bertz CT molecular complexity index is 618. The van der Waals surface area contributed by atoms with E-state index in [-0.39, 0.29) is 35.6 Å². The molecule has 25 heavy (non-hydrogen) atoms. The number of aliphatic imine (C=N–C) groups is 1. The molecule has 1 aromatic rings. The maximum absolute atomic E-state index is 10.5. The third-order valence-electron chi connectivity index (χ3n) is 4.58. The minimum atomic E-state index is -0.630. The van der Waals surface area contributed by atoms with Gasteiger partial charge in [0.15, 0.2) is 5.96 Å². The highest BCUT2D eigenvalue weighted by atomic mass is 127. The Hall–Kier alpha value is -0.670. The van der Waals surface area contributed by atoms with Crippen molar-refractivity contribution in [1.29, 1.82) is 0 Å². The fourth-order valence-corrected chi connectivity index (χ4v) is 4.57. The third kappa shape index (κ3) is 5.17. The summed E-state index contributed by atoms with van der Waals surface area (Å²) in [5.74, 6) is 3.45. The lowest BCUT2D eigenvalue weighted by atomic mass is 9.90. The molecule has 0 bridgehead atoms. The zero-order valence-corrected chi connectivity index (χ0v) is 18.2.